The molecule has 0 aromatic heterocycles. The smallest absolute Gasteiger partial charge is 0.00472 e. The SMILES string of the molecule is BrC1=Cc2cccc3cccc(c23)C1. The Balaban J connectivity index is 2.50. The predicted octanol–water partition coefficient (Wildman–Crippen LogP) is 4.13. The maximum atomic E-state index is 3.58. The first-order valence-electron chi connectivity index (χ1n) is 4.71. The van der Waals surface area contributed by atoms with Gasteiger partial charge in [-0.25, -0.2) is 0 Å². The van der Waals surface area contributed by atoms with E-state index in [1.54, 1.807) is 0 Å². The van der Waals surface area contributed by atoms with Crippen molar-refractivity contribution < 1.29 is 0 Å². The summed E-state index contributed by atoms with van der Waals surface area (Å²) >= 11 is 3.58. The largest absolute Gasteiger partial charge is 0.0613 e. The summed E-state index contributed by atoms with van der Waals surface area (Å²) in [4.78, 5) is 0. The molecular formula is C13H9Br. The molecule has 2 aromatic rings. The average molecular weight is 245 g/mol. The molecule has 1 aliphatic rings. The Kier molecular flexibility index (Phi) is 1.74. The molecule has 0 aliphatic heterocycles. The van der Waals surface area contributed by atoms with Crippen LogP contribution in [-0.4, -0.2) is 0 Å². The van der Waals surface area contributed by atoms with E-state index in [0.29, 0.717) is 0 Å². The average Bonchev–Trinajstić information content (AvgIpc) is 2.18. The van der Waals surface area contributed by atoms with Crippen LogP contribution in [0.4, 0.5) is 0 Å². The van der Waals surface area contributed by atoms with Crippen molar-refractivity contribution >= 4 is 32.8 Å². The molecule has 0 N–H and O–H groups in total. The summed E-state index contributed by atoms with van der Waals surface area (Å²) in [5.41, 5.74) is 2.75. The van der Waals surface area contributed by atoms with E-state index in [0.717, 1.165) is 6.42 Å². The summed E-state index contributed by atoms with van der Waals surface area (Å²) in [6.45, 7) is 0. The maximum absolute atomic E-state index is 3.58. The van der Waals surface area contributed by atoms with Gasteiger partial charge in [0.05, 0.1) is 0 Å². The molecule has 0 fully saturated rings. The fourth-order valence-corrected chi connectivity index (χ4v) is 2.67. The van der Waals surface area contributed by atoms with Crippen LogP contribution in [0.1, 0.15) is 11.1 Å². The summed E-state index contributed by atoms with van der Waals surface area (Å²) in [7, 11) is 0. The van der Waals surface area contributed by atoms with E-state index in [1.807, 2.05) is 0 Å². The lowest BCUT2D eigenvalue weighted by molar-refractivity contribution is 1.28. The Morgan fingerprint density at radius 3 is 2.64 bits per heavy atom. The van der Waals surface area contributed by atoms with E-state index in [9.17, 15) is 0 Å². The van der Waals surface area contributed by atoms with E-state index in [2.05, 4.69) is 58.4 Å². The first-order valence-corrected chi connectivity index (χ1v) is 5.50. The lowest BCUT2D eigenvalue weighted by Gasteiger charge is -2.14. The van der Waals surface area contributed by atoms with Crippen molar-refractivity contribution in [1.29, 1.82) is 0 Å². The highest BCUT2D eigenvalue weighted by Gasteiger charge is 2.10. The van der Waals surface area contributed by atoms with Gasteiger partial charge in [-0.15, -0.1) is 0 Å². The molecule has 1 heteroatoms. The molecule has 0 amide bonds. The molecule has 2 aromatic carbocycles. The van der Waals surface area contributed by atoms with Crippen molar-refractivity contribution in [2.24, 2.45) is 0 Å². The molecule has 68 valence electrons. The van der Waals surface area contributed by atoms with Gasteiger partial charge in [0.15, 0.2) is 0 Å². The van der Waals surface area contributed by atoms with Gasteiger partial charge >= 0.3 is 0 Å². The van der Waals surface area contributed by atoms with Gasteiger partial charge in [-0.05, 0) is 28.0 Å². The Bertz CT molecular complexity index is 533. The molecule has 0 bridgehead atoms. The molecule has 0 unspecified atom stereocenters. The number of halogens is 1. The van der Waals surface area contributed by atoms with Crippen LogP contribution in [0.3, 0.4) is 0 Å². The van der Waals surface area contributed by atoms with Crippen molar-refractivity contribution in [3.8, 4) is 0 Å². The molecule has 0 saturated heterocycles. The molecule has 14 heavy (non-hydrogen) atoms. The van der Waals surface area contributed by atoms with Crippen LogP contribution in [0, 0.1) is 0 Å². The zero-order valence-electron chi connectivity index (χ0n) is 7.63. The predicted molar refractivity (Wildman–Crippen MR) is 64.6 cm³/mol. The van der Waals surface area contributed by atoms with Crippen LogP contribution >= 0.6 is 15.9 Å². The zero-order chi connectivity index (χ0) is 9.54. The first kappa shape index (κ1) is 8.25. The molecular weight excluding hydrogens is 236 g/mol. The second kappa shape index (κ2) is 2.96. The van der Waals surface area contributed by atoms with Gasteiger partial charge in [0.25, 0.3) is 0 Å². The third-order valence-electron chi connectivity index (χ3n) is 2.69. The molecule has 0 spiro atoms. The molecule has 1 aliphatic carbocycles. The van der Waals surface area contributed by atoms with Gasteiger partial charge in [0, 0.05) is 10.9 Å². The Hall–Kier alpha value is -1.08. The monoisotopic (exact) mass is 244 g/mol. The first-order chi connectivity index (χ1) is 6.84. The third-order valence-corrected chi connectivity index (χ3v) is 3.20. The molecule has 0 radical (unpaired) electrons. The van der Waals surface area contributed by atoms with E-state index in [4.69, 9.17) is 0 Å². The summed E-state index contributed by atoms with van der Waals surface area (Å²) in [6, 6.07) is 13.0. The van der Waals surface area contributed by atoms with Crippen molar-refractivity contribution in [1.82, 2.24) is 0 Å². The van der Waals surface area contributed by atoms with Crippen LogP contribution in [0.5, 0.6) is 0 Å². The van der Waals surface area contributed by atoms with Crippen molar-refractivity contribution in [2.75, 3.05) is 0 Å². The topological polar surface area (TPSA) is 0 Å². The highest BCUT2D eigenvalue weighted by molar-refractivity contribution is 9.11. The van der Waals surface area contributed by atoms with Gasteiger partial charge in [-0.1, -0.05) is 52.3 Å². The second-order valence-corrected chi connectivity index (χ2v) is 4.65. The minimum atomic E-state index is 1.02. The van der Waals surface area contributed by atoms with Gasteiger partial charge in [-0.3, -0.25) is 0 Å². The zero-order valence-corrected chi connectivity index (χ0v) is 9.21. The molecule has 0 saturated carbocycles. The van der Waals surface area contributed by atoms with Gasteiger partial charge < -0.3 is 0 Å². The van der Waals surface area contributed by atoms with Crippen LogP contribution in [-0.2, 0) is 6.42 Å². The second-order valence-electron chi connectivity index (χ2n) is 3.63. The molecule has 3 rings (SSSR count). The highest BCUT2D eigenvalue weighted by atomic mass is 79.9. The lowest BCUT2D eigenvalue weighted by Crippen LogP contribution is -1.94. The molecule has 0 atom stereocenters. The van der Waals surface area contributed by atoms with E-state index in [-0.39, 0.29) is 0 Å². The Labute approximate surface area is 91.4 Å². The lowest BCUT2D eigenvalue weighted by atomic mass is 9.93. The van der Waals surface area contributed by atoms with Crippen LogP contribution < -0.4 is 0 Å². The highest BCUT2D eigenvalue weighted by Crippen LogP contribution is 2.32. The van der Waals surface area contributed by atoms with Crippen LogP contribution in [0.2, 0.25) is 0 Å². The van der Waals surface area contributed by atoms with Crippen molar-refractivity contribution in [2.45, 2.75) is 6.42 Å². The number of hydrogen-bond acceptors (Lipinski definition) is 0. The summed E-state index contributed by atoms with van der Waals surface area (Å²) in [5.74, 6) is 0. The minimum Gasteiger partial charge on any atom is -0.0613 e. The number of benzene rings is 2. The van der Waals surface area contributed by atoms with Crippen molar-refractivity contribution in [3.63, 3.8) is 0 Å². The summed E-state index contributed by atoms with van der Waals surface area (Å²) in [5, 5.41) is 2.76. The van der Waals surface area contributed by atoms with Crippen LogP contribution in [0.25, 0.3) is 16.8 Å². The van der Waals surface area contributed by atoms with Gasteiger partial charge in [-0.2, -0.15) is 0 Å². The maximum Gasteiger partial charge on any atom is 0.00472 e. The number of allylic oxidation sites excluding steroid dienone is 1. The standard InChI is InChI=1S/C13H9Br/c14-12-7-10-5-1-3-9-4-2-6-11(8-12)13(9)10/h1-7H,8H2. The van der Waals surface area contributed by atoms with Gasteiger partial charge in [0.1, 0.15) is 0 Å². The summed E-state index contributed by atoms with van der Waals surface area (Å²) < 4.78 is 1.27. The number of hydrogen-bond donors (Lipinski definition) is 0. The third kappa shape index (κ3) is 1.12. The molecule has 0 nitrogen and oxygen atoms in total. The Morgan fingerprint density at radius 2 is 1.79 bits per heavy atom. The Morgan fingerprint density at radius 1 is 1.00 bits per heavy atom. The fourth-order valence-electron chi connectivity index (χ4n) is 2.12. The molecule has 0 heterocycles. The van der Waals surface area contributed by atoms with E-state index >= 15 is 0 Å². The fraction of sp³-hybridized carbons (Fsp3) is 0.0769. The van der Waals surface area contributed by atoms with Gasteiger partial charge in [0.2, 0.25) is 0 Å². The van der Waals surface area contributed by atoms with E-state index in [1.165, 1.54) is 26.4 Å². The van der Waals surface area contributed by atoms with Crippen molar-refractivity contribution in [3.05, 3.63) is 52.0 Å². The quantitative estimate of drug-likeness (QED) is 0.654. The number of rotatable bonds is 0. The normalized spacial score (nSPS) is 14.2. The summed E-state index contributed by atoms with van der Waals surface area (Å²) in [6.07, 6.45) is 3.24. The van der Waals surface area contributed by atoms with Crippen LogP contribution in [0.15, 0.2) is 40.9 Å². The van der Waals surface area contributed by atoms with E-state index < -0.39 is 0 Å². The minimum absolute atomic E-state index is 1.02.